The van der Waals surface area contributed by atoms with Gasteiger partial charge in [-0.15, -0.1) is 11.3 Å². The van der Waals surface area contributed by atoms with Crippen molar-refractivity contribution in [3.8, 4) is 11.5 Å². The highest BCUT2D eigenvalue weighted by Crippen LogP contribution is 2.34. The summed E-state index contributed by atoms with van der Waals surface area (Å²) in [4.78, 5) is 25.9. The van der Waals surface area contributed by atoms with Crippen LogP contribution in [-0.2, 0) is 35.5 Å². The Morgan fingerprint density at radius 2 is 1.58 bits per heavy atom. The number of hydrogen-bond donors (Lipinski definition) is 1. The van der Waals surface area contributed by atoms with E-state index in [0.29, 0.717) is 35.9 Å². The van der Waals surface area contributed by atoms with E-state index in [-0.39, 0.29) is 19.0 Å². The fraction of sp³-hybridized carbons (Fsp3) is 0.241. The maximum absolute atomic E-state index is 13.4. The van der Waals surface area contributed by atoms with Gasteiger partial charge in [0.05, 0.1) is 13.0 Å². The van der Waals surface area contributed by atoms with Crippen LogP contribution in [0.3, 0.4) is 0 Å². The van der Waals surface area contributed by atoms with Crippen molar-refractivity contribution in [1.82, 2.24) is 0 Å². The monoisotopic (exact) mass is 503 g/mol. The minimum Gasteiger partial charge on any atom is -0.489 e. The summed E-state index contributed by atoms with van der Waals surface area (Å²) in [5.74, 6) is 0.349. The van der Waals surface area contributed by atoms with E-state index < -0.39 is 5.97 Å². The number of carbonyl (C=O) groups is 2. The van der Waals surface area contributed by atoms with E-state index >= 15 is 0 Å². The second-order valence-corrected chi connectivity index (χ2v) is 9.18. The fourth-order valence-corrected chi connectivity index (χ4v) is 5.25. The molecule has 0 bridgehead atoms. The summed E-state index contributed by atoms with van der Waals surface area (Å²) in [6.45, 7) is 4.64. The number of fused-ring (bicyclic) bond motifs is 1. The molecule has 4 aromatic rings. The summed E-state index contributed by atoms with van der Waals surface area (Å²) in [6.07, 6.45) is 0.816. The zero-order chi connectivity index (χ0) is 25.5. The van der Waals surface area contributed by atoms with Crippen LogP contribution in [0.25, 0.3) is 10.1 Å². The van der Waals surface area contributed by atoms with Crippen molar-refractivity contribution in [2.45, 2.75) is 39.8 Å². The molecule has 0 atom stereocenters. The third-order valence-corrected chi connectivity index (χ3v) is 7.07. The van der Waals surface area contributed by atoms with Crippen molar-refractivity contribution in [3.63, 3.8) is 0 Å². The van der Waals surface area contributed by atoms with E-state index in [1.807, 2.05) is 67.6 Å². The molecule has 0 saturated carbocycles. The molecule has 0 amide bonds. The van der Waals surface area contributed by atoms with Gasteiger partial charge in [-0.25, -0.2) is 4.79 Å². The third kappa shape index (κ3) is 5.58. The molecule has 0 aliphatic heterocycles. The molecule has 0 aliphatic carbocycles. The van der Waals surface area contributed by atoms with Crippen molar-refractivity contribution < 1.29 is 23.8 Å². The number of hydrogen-bond acceptors (Lipinski definition) is 7. The van der Waals surface area contributed by atoms with Crippen molar-refractivity contribution in [2.24, 2.45) is 5.73 Å². The Morgan fingerprint density at radius 1 is 0.861 bits per heavy atom. The van der Waals surface area contributed by atoms with Crippen LogP contribution in [0.5, 0.6) is 11.5 Å². The standard InChI is InChI=1S/C29H29NO5S/c1-3-21-20(17-30)11-9-14-25(21)35-29(32)28-23(22-12-6-8-15-26(22)36-28)18-34-24-13-7-5-10-19(24)16-27(31)33-4-2/h5-15H,3-4,16-18,30H2,1-2H3. The van der Waals surface area contributed by atoms with Gasteiger partial charge in [0.15, 0.2) is 0 Å². The molecule has 4 rings (SSSR count). The lowest BCUT2D eigenvalue weighted by molar-refractivity contribution is -0.142. The molecule has 1 aromatic heterocycles. The molecule has 3 aromatic carbocycles. The summed E-state index contributed by atoms with van der Waals surface area (Å²) in [6, 6.07) is 20.8. The van der Waals surface area contributed by atoms with Crippen LogP contribution in [-0.4, -0.2) is 18.5 Å². The molecule has 0 unspecified atom stereocenters. The molecule has 0 fully saturated rings. The number of nitrogens with two attached hydrogens (primary N) is 1. The lowest BCUT2D eigenvalue weighted by Crippen LogP contribution is -2.13. The predicted molar refractivity (Wildman–Crippen MR) is 142 cm³/mol. The van der Waals surface area contributed by atoms with E-state index in [0.717, 1.165) is 32.3 Å². The minimum atomic E-state index is -0.432. The van der Waals surface area contributed by atoms with Gasteiger partial charge >= 0.3 is 11.9 Å². The van der Waals surface area contributed by atoms with Gasteiger partial charge in [0.25, 0.3) is 0 Å². The number of carbonyl (C=O) groups excluding carboxylic acids is 2. The van der Waals surface area contributed by atoms with Gasteiger partial charge in [0, 0.05) is 22.4 Å². The van der Waals surface area contributed by atoms with Crippen LogP contribution >= 0.6 is 11.3 Å². The van der Waals surface area contributed by atoms with Gasteiger partial charge in [0.2, 0.25) is 0 Å². The van der Waals surface area contributed by atoms with Crippen LogP contribution in [0.4, 0.5) is 0 Å². The smallest absolute Gasteiger partial charge is 0.354 e. The maximum Gasteiger partial charge on any atom is 0.354 e. The Morgan fingerprint density at radius 3 is 2.36 bits per heavy atom. The van der Waals surface area contributed by atoms with Crippen molar-refractivity contribution in [3.05, 3.63) is 93.9 Å². The molecule has 0 radical (unpaired) electrons. The van der Waals surface area contributed by atoms with Gasteiger partial charge < -0.3 is 19.9 Å². The third-order valence-electron chi connectivity index (χ3n) is 5.87. The number of benzene rings is 3. The molecule has 36 heavy (non-hydrogen) atoms. The summed E-state index contributed by atoms with van der Waals surface area (Å²) < 4.78 is 18.1. The van der Waals surface area contributed by atoms with Crippen molar-refractivity contribution in [2.75, 3.05) is 6.61 Å². The normalized spacial score (nSPS) is 10.9. The number of rotatable bonds is 10. The average Bonchev–Trinajstić information content (AvgIpc) is 3.27. The van der Waals surface area contributed by atoms with Gasteiger partial charge in [0.1, 0.15) is 23.0 Å². The highest BCUT2D eigenvalue weighted by molar-refractivity contribution is 7.21. The van der Waals surface area contributed by atoms with E-state index in [2.05, 4.69) is 0 Å². The molecule has 0 aliphatic rings. The van der Waals surface area contributed by atoms with Gasteiger partial charge in [-0.05, 0) is 48.1 Å². The van der Waals surface area contributed by atoms with E-state index in [4.69, 9.17) is 19.9 Å². The van der Waals surface area contributed by atoms with Gasteiger partial charge in [-0.1, -0.05) is 55.5 Å². The van der Waals surface area contributed by atoms with Crippen LogP contribution < -0.4 is 15.2 Å². The summed E-state index contributed by atoms with van der Waals surface area (Å²) in [5.41, 5.74) is 9.25. The highest BCUT2D eigenvalue weighted by atomic mass is 32.1. The molecule has 0 spiro atoms. The Bertz CT molecular complexity index is 1380. The van der Waals surface area contributed by atoms with Crippen LogP contribution in [0, 0.1) is 0 Å². The van der Waals surface area contributed by atoms with Crippen molar-refractivity contribution in [1.29, 1.82) is 0 Å². The van der Waals surface area contributed by atoms with Gasteiger partial charge in [-0.3, -0.25) is 4.79 Å². The number of para-hydroxylation sites is 1. The first-order valence-electron chi connectivity index (χ1n) is 11.9. The first-order valence-corrected chi connectivity index (χ1v) is 12.8. The van der Waals surface area contributed by atoms with Gasteiger partial charge in [-0.2, -0.15) is 0 Å². The molecular weight excluding hydrogens is 474 g/mol. The fourth-order valence-electron chi connectivity index (χ4n) is 4.16. The van der Waals surface area contributed by atoms with E-state index in [9.17, 15) is 9.59 Å². The number of thiophene rings is 1. The van der Waals surface area contributed by atoms with Crippen molar-refractivity contribution >= 4 is 33.4 Å². The molecular formula is C29H29NO5S. The lowest BCUT2D eigenvalue weighted by Gasteiger charge is -2.14. The van der Waals surface area contributed by atoms with E-state index in [1.54, 1.807) is 13.0 Å². The van der Waals surface area contributed by atoms with E-state index in [1.165, 1.54) is 11.3 Å². The SMILES string of the molecule is CCOC(=O)Cc1ccccc1OCc1c(C(=O)Oc2cccc(CN)c2CC)sc2ccccc12. The Kier molecular flexibility index (Phi) is 8.36. The maximum atomic E-state index is 13.4. The molecule has 2 N–H and O–H groups in total. The second-order valence-electron chi connectivity index (χ2n) is 8.13. The Hall–Kier alpha value is -3.68. The second kappa shape index (κ2) is 11.8. The summed E-state index contributed by atoms with van der Waals surface area (Å²) >= 11 is 1.38. The molecule has 0 saturated heterocycles. The Balaban J connectivity index is 1.63. The first kappa shape index (κ1) is 25.4. The van der Waals surface area contributed by atoms with Crippen LogP contribution in [0.2, 0.25) is 0 Å². The number of esters is 2. The Labute approximate surface area is 214 Å². The molecule has 186 valence electrons. The quantitative estimate of drug-likeness (QED) is 0.217. The predicted octanol–water partition coefficient (Wildman–Crippen LogP) is 5.83. The minimum absolute atomic E-state index is 0.112. The number of ether oxygens (including phenoxy) is 3. The average molecular weight is 504 g/mol. The molecule has 1 heterocycles. The highest BCUT2D eigenvalue weighted by Gasteiger charge is 2.22. The topological polar surface area (TPSA) is 87.8 Å². The first-order chi connectivity index (χ1) is 17.5. The van der Waals surface area contributed by atoms with Crippen LogP contribution in [0.1, 0.15) is 45.8 Å². The lowest BCUT2D eigenvalue weighted by atomic mass is 10.0. The molecule has 6 nitrogen and oxygen atoms in total. The van der Waals surface area contributed by atoms with Crippen LogP contribution in [0.15, 0.2) is 66.7 Å². The summed E-state index contributed by atoms with van der Waals surface area (Å²) in [5, 5.41) is 0.934. The zero-order valence-electron chi connectivity index (χ0n) is 20.4. The molecule has 7 heteroatoms. The summed E-state index contributed by atoms with van der Waals surface area (Å²) in [7, 11) is 0. The zero-order valence-corrected chi connectivity index (χ0v) is 21.2. The largest absolute Gasteiger partial charge is 0.489 e.